The minimum absolute atomic E-state index is 0.0874. The molecular weight excluding hydrogens is 467 g/mol. The summed E-state index contributed by atoms with van der Waals surface area (Å²) in [6.07, 6.45) is 0. The third kappa shape index (κ3) is 6.28. The van der Waals surface area contributed by atoms with E-state index >= 15 is 0 Å². The van der Waals surface area contributed by atoms with Crippen molar-refractivity contribution >= 4 is 58.2 Å². The highest BCUT2D eigenvalue weighted by molar-refractivity contribution is 7.99. The summed E-state index contributed by atoms with van der Waals surface area (Å²) < 4.78 is 5.72. The molecule has 0 radical (unpaired) electrons. The van der Waals surface area contributed by atoms with Crippen LogP contribution in [0, 0.1) is 0 Å². The molecule has 158 valence electrons. The van der Waals surface area contributed by atoms with E-state index in [4.69, 9.17) is 39.5 Å². The number of aromatic nitrogens is 3. The minimum atomic E-state index is -0.293. The molecule has 0 fully saturated rings. The van der Waals surface area contributed by atoms with Crippen LogP contribution in [0.1, 0.15) is 31.2 Å². The number of ether oxygens (including phenoxy) is 1. The lowest BCUT2D eigenvalue weighted by Gasteiger charge is -2.09. The highest BCUT2D eigenvalue weighted by atomic mass is 35.5. The number of halogens is 3. The number of carbonyl (C=O) groups excluding carboxylic acids is 1. The molecule has 10 heteroatoms. The summed E-state index contributed by atoms with van der Waals surface area (Å²) in [6.45, 7) is 4.53. The Kier molecular flexibility index (Phi) is 7.88. The van der Waals surface area contributed by atoms with Crippen molar-refractivity contribution < 1.29 is 9.53 Å². The quantitative estimate of drug-likeness (QED) is 0.371. The molecule has 2 aromatic carbocycles. The fourth-order valence-electron chi connectivity index (χ4n) is 2.47. The molecule has 30 heavy (non-hydrogen) atoms. The molecule has 6 nitrogen and oxygen atoms in total. The Balaban J connectivity index is 1.49. The van der Waals surface area contributed by atoms with Crippen molar-refractivity contribution in [1.29, 1.82) is 0 Å². The van der Waals surface area contributed by atoms with Gasteiger partial charge in [0.1, 0.15) is 12.4 Å². The Hall–Kier alpha value is -1.93. The van der Waals surface area contributed by atoms with Gasteiger partial charge in [0, 0.05) is 5.02 Å². The number of hydrogen-bond donors (Lipinski definition) is 2. The van der Waals surface area contributed by atoms with Gasteiger partial charge in [-0.3, -0.25) is 9.89 Å². The molecule has 2 N–H and O–H groups in total. The van der Waals surface area contributed by atoms with E-state index in [1.54, 1.807) is 0 Å². The van der Waals surface area contributed by atoms with E-state index in [1.165, 1.54) is 29.5 Å². The Morgan fingerprint density at radius 3 is 2.47 bits per heavy atom. The number of thioether (sulfide) groups is 1. The molecule has 0 aliphatic heterocycles. The molecule has 0 saturated heterocycles. The second kappa shape index (κ2) is 10.4. The first-order valence-corrected chi connectivity index (χ1v) is 11.1. The van der Waals surface area contributed by atoms with E-state index in [0.29, 0.717) is 27.6 Å². The fraction of sp³-hybridized carbons (Fsp3) is 0.250. The second-order valence-corrected chi connectivity index (χ2v) is 8.85. The average molecular weight is 486 g/mol. The van der Waals surface area contributed by atoms with Crippen molar-refractivity contribution in [2.45, 2.75) is 31.5 Å². The lowest BCUT2D eigenvalue weighted by atomic mass is 10.0. The standard InChI is InChI=1S/C20H19Cl3N4O2S/c1-11(2)12-3-5-14(6-4-12)29-9-17-24-20(27-26-17)30-10-18(28)25-19-15(22)7-13(21)8-16(19)23/h3-8,11H,9-10H2,1-2H3,(H,25,28)(H,24,26,27). The Morgan fingerprint density at radius 2 is 1.83 bits per heavy atom. The van der Waals surface area contributed by atoms with E-state index in [1.807, 2.05) is 24.3 Å². The van der Waals surface area contributed by atoms with Crippen LogP contribution in [0.5, 0.6) is 5.75 Å². The molecular formula is C20H19Cl3N4O2S. The molecule has 0 atom stereocenters. The number of rotatable bonds is 8. The predicted octanol–water partition coefficient (Wildman–Crippen LogP) is 6.20. The zero-order valence-corrected chi connectivity index (χ0v) is 19.3. The van der Waals surface area contributed by atoms with Crippen LogP contribution in [0.4, 0.5) is 5.69 Å². The topological polar surface area (TPSA) is 79.9 Å². The summed E-state index contributed by atoms with van der Waals surface area (Å²) in [6, 6.07) is 11.0. The number of amides is 1. The summed E-state index contributed by atoms with van der Waals surface area (Å²) in [5.74, 6) is 1.58. The monoisotopic (exact) mass is 484 g/mol. The molecule has 0 saturated carbocycles. The maximum Gasteiger partial charge on any atom is 0.234 e. The molecule has 3 rings (SSSR count). The van der Waals surface area contributed by atoms with Crippen LogP contribution in [-0.4, -0.2) is 26.8 Å². The summed E-state index contributed by atoms with van der Waals surface area (Å²) in [4.78, 5) is 16.5. The summed E-state index contributed by atoms with van der Waals surface area (Å²) in [5.41, 5.74) is 1.57. The van der Waals surface area contributed by atoms with Gasteiger partial charge in [0.15, 0.2) is 5.82 Å². The molecule has 1 amide bonds. The largest absolute Gasteiger partial charge is 0.486 e. The SMILES string of the molecule is CC(C)c1ccc(OCc2nc(SCC(=O)Nc3c(Cl)cc(Cl)cc3Cl)n[nH]2)cc1. The summed E-state index contributed by atoms with van der Waals surface area (Å²) >= 11 is 19.2. The zero-order chi connectivity index (χ0) is 21.7. The van der Waals surface area contributed by atoms with Crippen molar-refractivity contribution in [1.82, 2.24) is 15.2 Å². The molecule has 0 aliphatic carbocycles. The van der Waals surface area contributed by atoms with Crippen LogP contribution in [0.2, 0.25) is 15.1 Å². The van der Waals surface area contributed by atoms with Crippen LogP contribution >= 0.6 is 46.6 Å². The number of benzene rings is 2. The number of anilines is 1. The van der Waals surface area contributed by atoms with Crippen molar-refractivity contribution in [3.63, 3.8) is 0 Å². The molecule has 0 aliphatic rings. The van der Waals surface area contributed by atoms with Crippen molar-refractivity contribution in [2.24, 2.45) is 0 Å². The van der Waals surface area contributed by atoms with Crippen LogP contribution in [0.25, 0.3) is 0 Å². The lowest BCUT2D eigenvalue weighted by molar-refractivity contribution is -0.113. The van der Waals surface area contributed by atoms with Gasteiger partial charge in [0.05, 0.1) is 21.5 Å². The van der Waals surface area contributed by atoms with E-state index in [2.05, 4.69) is 34.3 Å². The Morgan fingerprint density at radius 1 is 1.17 bits per heavy atom. The average Bonchev–Trinajstić information content (AvgIpc) is 3.16. The van der Waals surface area contributed by atoms with Crippen LogP contribution in [0.3, 0.4) is 0 Å². The van der Waals surface area contributed by atoms with Gasteiger partial charge in [-0.25, -0.2) is 4.98 Å². The van der Waals surface area contributed by atoms with Gasteiger partial charge >= 0.3 is 0 Å². The van der Waals surface area contributed by atoms with E-state index in [9.17, 15) is 4.79 Å². The molecule has 0 bridgehead atoms. The van der Waals surface area contributed by atoms with Gasteiger partial charge in [-0.05, 0) is 35.7 Å². The number of aromatic amines is 1. The van der Waals surface area contributed by atoms with Gasteiger partial charge in [0.25, 0.3) is 0 Å². The first kappa shape index (κ1) is 22.7. The van der Waals surface area contributed by atoms with E-state index in [0.717, 1.165) is 5.75 Å². The van der Waals surface area contributed by atoms with Crippen LogP contribution < -0.4 is 10.1 Å². The van der Waals surface area contributed by atoms with Crippen molar-refractivity contribution in [3.8, 4) is 5.75 Å². The fourth-order valence-corrected chi connectivity index (χ4v) is 4.00. The highest BCUT2D eigenvalue weighted by Crippen LogP contribution is 2.33. The first-order valence-electron chi connectivity index (χ1n) is 9.03. The van der Waals surface area contributed by atoms with Gasteiger partial charge in [-0.2, -0.15) is 0 Å². The maximum absolute atomic E-state index is 12.2. The minimum Gasteiger partial charge on any atom is -0.486 e. The Bertz CT molecular complexity index is 1000. The van der Waals surface area contributed by atoms with Crippen LogP contribution in [-0.2, 0) is 11.4 Å². The number of nitrogens with one attached hydrogen (secondary N) is 2. The zero-order valence-electron chi connectivity index (χ0n) is 16.2. The Labute approximate surface area is 193 Å². The van der Waals surface area contributed by atoms with E-state index < -0.39 is 0 Å². The molecule has 0 spiro atoms. The first-order chi connectivity index (χ1) is 14.3. The molecule has 1 aromatic heterocycles. The number of H-pyrrole nitrogens is 1. The third-order valence-electron chi connectivity index (χ3n) is 4.04. The number of nitrogens with zero attached hydrogens (tertiary/aromatic N) is 2. The van der Waals surface area contributed by atoms with Gasteiger partial charge in [-0.15, -0.1) is 5.10 Å². The highest BCUT2D eigenvalue weighted by Gasteiger charge is 2.13. The van der Waals surface area contributed by atoms with Gasteiger partial charge < -0.3 is 10.1 Å². The number of hydrogen-bond acceptors (Lipinski definition) is 5. The second-order valence-electron chi connectivity index (χ2n) is 6.66. The predicted molar refractivity (Wildman–Crippen MR) is 122 cm³/mol. The van der Waals surface area contributed by atoms with Crippen LogP contribution in [0.15, 0.2) is 41.6 Å². The van der Waals surface area contributed by atoms with Gasteiger partial charge in [0.2, 0.25) is 11.1 Å². The summed E-state index contributed by atoms with van der Waals surface area (Å²) in [7, 11) is 0. The van der Waals surface area contributed by atoms with Crippen molar-refractivity contribution in [3.05, 3.63) is 62.9 Å². The third-order valence-corrected chi connectivity index (χ3v) is 5.70. The molecule has 0 unspecified atom stereocenters. The molecule has 1 heterocycles. The normalized spacial score (nSPS) is 11.0. The number of carbonyl (C=O) groups is 1. The lowest BCUT2D eigenvalue weighted by Crippen LogP contribution is -2.14. The van der Waals surface area contributed by atoms with E-state index in [-0.39, 0.29) is 28.3 Å². The smallest absolute Gasteiger partial charge is 0.234 e. The molecule has 3 aromatic rings. The maximum atomic E-state index is 12.2. The van der Waals surface area contributed by atoms with Gasteiger partial charge in [-0.1, -0.05) is 72.5 Å². The van der Waals surface area contributed by atoms with Crippen molar-refractivity contribution in [2.75, 3.05) is 11.1 Å². The summed E-state index contributed by atoms with van der Waals surface area (Å²) in [5, 5.41) is 10.9.